The lowest BCUT2D eigenvalue weighted by atomic mass is 10.0. The highest BCUT2D eigenvalue weighted by Gasteiger charge is 2.16. The maximum atomic E-state index is 11.0. The van der Waals surface area contributed by atoms with Gasteiger partial charge >= 0.3 is 5.97 Å². The second-order valence-corrected chi connectivity index (χ2v) is 5.19. The highest BCUT2D eigenvalue weighted by atomic mass is 16.6. The van der Waals surface area contributed by atoms with Crippen LogP contribution in [0, 0.1) is 10.1 Å². The molecule has 6 nitrogen and oxygen atoms in total. The molecule has 0 heterocycles. The van der Waals surface area contributed by atoms with Gasteiger partial charge in [0.05, 0.1) is 11.0 Å². The molecule has 1 unspecified atom stereocenters. The van der Waals surface area contributed by atoms with Crippen molar-refractivity contribution in [3.05, 3.63) is 69.8 Å². The van der Waals surface area contributed by atoms with Gasteiger partial charge in [0.25, 0.3) is 5.69 Å². The van der Waals surface area contributed by atoms with Gasteiger partial charge in [-0.25, -0.2) is 0 Å². The first-order valence-electron chi connectivity index (χ1n) is 7.13. The third-order valence-corrected chi connectivity index (χ3v) is 3.30. The Kier molecular flexibility index (Phi) is 5.43. The molecule has 0 bridgehead atoms. The number of para-hydroxylation sites is 1. The standard InChI is InChI=1S/C17H17NO5/c1-12(19)23-16-8-6-13(7-9-16)10-15(20)11-14-4-2-3-5-17(14)18(21)22/h2-9,15,20H,10-11H2,1H3. The summed E-state index contributed by atoms with van der Waals surface area (Å²) in [7, 11) is 0. The summed E-state index contributed by atoms with van der Waals surface area (Å²) in [5, 5.41) is 21.1. The van der Waals surface area contributed by atoms with E-state index in [4.69, 9.17) is 4.74 Å². The molecule has 0 spiro atoms. The number of aliphatic hydroxyl groups is 1. The van der Waals surface area contributed by atoms with Gasteiger partial charge < -0.3 is 9.84 Å². The number of ether oxygens (including phenoxy) is 1. The zero-order valence-corrected chi connectivity index (χ0v) is 12.6. The van der Waals surface area contributed by atoms with E-state index in [1.807, 2.05) is 0 Å². The van der Waals surface area contributed by atoms with Crippen molar-refractivity contribution in [1.29, 1.82) is 0 Å². The summed E-state index contributed by atoms with van der Waals surface area (Å²) in [4.78, 5) is 21.4. The molecule has 2 rings (SSSR count). The van der Waals surface area contributed by atoms with Crippen LogP contribution in [0.4, 0.5) is 5.69 Å². The number of aliphatic hydroxyl groups excluding tert-OH is 1. The van der Waals surface area contributed by atoms with Gasteiger partial charge in [0.1, 0.15) is 5.75 Å². The van der Waals surface area contributed by atoms with Crippen LogP contribution in [0.5, 0.6) is 5.75 Å². The molecule has 0 radical (unpaired) electrons. The number of benzene rings is 2. The average molecular weight is 315 g/mol. The van der Waals surface area contributed by atoms with E-state index in [1.54, 1.807) is 42.5 Å². The average Bonchev–Trinajstić information content (AvgIpc) is 2.49. The summed E-state index contributed by atoms with van der Waals surface area (Å²) in [6.45, 7) is 1.32. The molecule has 0 aliphatic rings. The minimum absolute atomic E-state index is 0.0109. The van der Waals surface area contributed by atoms with Gasteiger partial charge in [-0.3, -0.25) is 14.9 Å². The van der Waals surface area contributed by atoms with E-state index < -0.39 is 17.0 Å². The van der Waals surface area contributed by atoms with Crippen LogP contribution < -0.4 is 4.74 Å². The minimum Gasteiger partial charge on any atom is -0.427 e. The summed E-state index contributed by atoms with van der Waals surface area (Å²) in [6.07, 6.45) is -0.189. The van der Waals surface area contributed by atoms with Gasteiger partial charge in [0.2, 0.25) is 0 Å². The number of esters is 1. The van der Waals surface area contributed by atoms with Crippen LogP contribution in [0.25, 0.3) is 0 Å². The largest absolute Gasteiger partial charge is 0.427 e. The summed E-state index contributed by atoms with van der Waals surface area (Å²) in [6, 6.07) is 13.2. The molecule has 2 aromatic carbocycles. The van der Waals surface area contributed by atoms with Crippen LogP contribution >= 0.6 is 0 Å². The molecule has 0 fully saturated rings. The van der Waals surface area contributed by atoms with Gasteiger partial charge in [-0.1, -0.05) is 30.3 Å². The molecule has 0 aromatic heterocycles. The third-order valence-electron chi connectivity index (χ3n) is 3.30. The number of nitro benzene ring substituents is 1. The maximum absolute atomic E-state index is 11.0. The Labute approximate surface area is 133 Å². The number of nitro groups is 1. The number of carbonyl (C=O) groups excluding carboxylic acids is 1. The van der Waals surface area contributed by atoms with Crippen molar-refractivity contribution in [1.82, 2.24) is 0 Å². The van der Waals surface area contributed by atoms with E-state index in [2.05, 4.69) is 0 Å². The summed E-state index contributed by atoms with van der Waals surface area (Å²) in [5.41, 5.74) is 1.37. The van der Waals surface area contributed by atoms with Crippen molar-refractivity contribution >= 4 is 11.7 Å². The quantitative estimate of drug-likeness (QED) is 0.383. The highest BCUT2D eigenvalue weighted by molar-refractivity contribution is 5.69. The van der Waals surface area contributed by atoms with E-state index in [0.717, 1.165) is 5.56 Å². The molecular formula is C17H17NO5. The number of hydrogen-bond acceptors (Lipinski definition) is 5. The van der Waals surface area contributed by atoms with Crippen molar-refractivity contribution in [3.8, 4) is 5.75 Å². The summed E-state index contributed by atoms with van der Waals surface area (Å²) in [5.74, 6) is 0.0450. The Morgan fingerprint density at radius 2 is 1.83 bits per heavy atom. The van der Waals surface area contributed by atoms with Crippen LogP contribution in [-0.4, -0.2) is 22.1 Å². The van der Waals surface area contributed by atoms with E-state index in [9.17, 15) is 20.0 Å². The first-order chi connectivity index (χ1) is 11.0. The maximum Gasteiger partial charge on any atom is 0.308 e. The van der Waals surface area contributed by atoms with Crippen LogP contribution in [-0.2, 0) is 17.6 Å². The molecule has 0 amide bonds. The van der Waals surface area contributed by atoms with Crippen LogP contribution in [0.1, 0.15) is 18.1 Å². The molecule has 2 aromatic rings. The Bertz CT molecular complexity index is 696. The van der Waals surface area contributed by atoms with Crippen molar-refractivity contribution in [3.63, 3.8) is 0 Å². The van der Waals surface area contributed by atoms with Gasteiger partial charge in [-0.05, 0) is 24.1 Å². The zero-order chi connectivity index (χ0) is 16.8. The molecule has 0 saturated carbocycles. The lowest BCUT2D eigenvalue weighted by Gasteiger charge is -2.11. The molecule has 23 heavy (non-hydrogen) atoms. The van der Waals surface area contributed by atoms with E-state index in [1.165, 1.54) is 13.0 Å². The molecule has 0 aliphatic heterocycles. The van der Waals surface area contributed by atoms with Gasteiger partial charge in [-0.15, -0.1) is 0 Å². The minimum atomic E-state index is -0.740. The zero-order valence-electron chi connectivity index (χ0n) is 12.6. The monoisotopic (exact) mass is 315 g/mol. The van der Waals surface area contributed by atoms with Crippen molar-refractivity contribution in [2.75, 3.05) is 0 Å². The lowest BCUT2D eigenvalue weighted by molar-refractivity contribution is -0.385. The molecule has 0 saturated heterocycles. The Morgan fingerprint density at radius 1 is 1.17 bits per heavy atom. The fourth-order valence-electron chi connectivity index (χ4n) is 2.32. The molecular weight excluding hydrogens is 298 g/mol. The fourth-order valence-corrected chi connectivity index (χ4v) is 2.32. The smallest absolute Gasteiger partial charge is 0.308 e. The second-order valence-electron chi connectivity index (χ2n) is 5.19. The van der Waals surface area contributed by atoms with Crippen LogP contribution in [0.3, 0.4) is 0 Å². The number of carbonyl (C=O) groups is 1. The normalized spacial score (nSPS) is 11.7. The van der Waals surface area contributed by atoms with E-state index in [-0.39, 0.29) is 12.1 Å². The SMILES string of the molecule is CC(=O)Oc1ccc(CC(O)Cc2ccccc2[N+](=O)[O-])cc1. The van der Waals surface area contributed by atoms with Crippen LogP contribution in [0.2, 0.25) is 0 Å². The molecule has 1 N–H and O–H groups in total. The predicted octanol–water partition coefficient (Wildman–Crippen LogP) is 2.67. The number of rotatable bonds is 6. The Balaban J connectivity index is 2.01. The Morgan fingerprint density at radius 3 is 2.43 bits per heavy atom. The van der Waals surface area contributed by atoms with Crippen molar-refractivity contribution in [2.45, 2.75) is 25.9 Å². The first kappa shape index (κ1) is 16.6. The molecule has 0 aliphatic carbocycles. The predicted molar refractivity (Wildman–Crippen MR) is 84.3 cm³/mol. The highest BCUT2D eigenvalue weighted by Crippen LogP contribution is 2.21. The first-order valence-corrected chi connectivity index (χ1v) is 7.13. The van der Waals surface area contributed by atoms with Gasteiger partial charge in [0, 0.05) is 25.0 Å². The molecule has 120 valence electrons. The second kappa shape index (κ2) is 7.51. The van der Waals surface area contributed by atoms with Crippen molar-refractivity contribution in [2.24, 2.45) is 0 Å². The molecule has 6 heteroatoms. The van der Waals surface area contributed by atoms with Crippen molar-refractivity contribution < 1.29 is 19.6 Å². The van der Waals surface area contributed by atoms with Gasteiger partial charge in [0.15, 0.2) is 0 Å². The topological polar surface area (TPSA) is 89.7 Å². The third kappa shape index (κ3) is 4.89. The van der Waals surface area contributed by atoms with E-state index >= 15 is 0 Å². The van der Waals surface area contributed by atoms with E-state index in [0.29, 0.717) is 17.7 Å². The van der Waals surface area contributed by atoms with Gasteiger partial charge in [-0.2, -0.15) is 0 Å². The number of nitrogens with zero attached hydrogens (tertiary/aromatic N) is 1. The molecule has 1 atom stereocenters. The van der Waals surface area contributed by atoms with Crippen LogP contribution in [0.15, 0.2) is 48.5 Å². The summed E-state index contributed by atoms with van der Waals surface area (Å²) < 4.78 is 4.94. The fraction of sp³-hybridized carbons (Fsp3) is 0.235. The number of hydrogen-bond donors (Lipinski definition) is 1. The Hall–Kier alpha value is -2.73. The lowest BCUT2D eigenvalue weighted by Crippen LogP contribution is -2.15. The summed E-state index contributed by atoms with van der Waals surface area (Å²) >= 11 is 0.